The number of para-hydroxylation sites is 1. The molecule has 2 unspecified atom stereocenters. The molecule has 2 N–H and O–H groups in total. The monoisotopic (exact) mass is 451 g/mol. The van der Waals surface area contributed by atoms with Crippen molar-refractivity contribution in [1.29, 1.82) is 0 Å². The Labute approximate surface area is 193 Å². The van der Waals surface area contributed by atoms with Crippen LogP contribution < -0.4 is 15.6 Å². The normalized spacial score (nSPS) is 22.4. The molecule has 2 fully saturated rings. The van der Waals surface area contributed by atoms with E-state index in [1.165, 1.54) is 4.90 Å². The first-order valence-electron chi connectivity index (χ1n) is 11.3. The highest BCUT2D eigenvalue weighted by Gasteiger charge is 2.44. The van der Waals surface area contributed by atoms with E-state index >= 15 is 0 Å². The molecule has 2 aromatic rings. The highest BCUT2D eigenvalue weighted by molar-refractivity contribution is 6.35. The highest BCUT2D eigenvalue weighted by atomic mass is 16.5. The zero-order valence-electron chi connectivity index (χ0n) is 18.5. The quantitative estimate of drug-likeness (QED) is 0.534. The standard InChI is InChI=1S/C25H29N3O5/c29-22(26-27-24(31)25(13-15-32-18-25)20-9-3-1-4-10-20)23(30)28-14-7-8-19(16-28)17-33-21-11-5-2-6-12-21/h1-6,9-12,19H,7-8,13-18H2,(H,26,29)(H,27,31). The number of piperidine rings is 1. The fourth-order valence-corrected chi connectivity index (χ4v) is 4.41. The highest BCUT2D eigenvalue weighted by Crippen LogP contribution is 2.33. The Hall–Kier alpha value is -3.39. The summed E-state index contributed by atoms with van der Waals surface area (Å²) >= 11 is 0. The summed E-state index contributed by atoms with van der Waals surface area (Å²) in [6.07, 6.45) is 2.22. The summed E-state index contributed by atoms with van der Waals surface area (Å²) in [6, 6.07) is 18.8. The van der Waals surface area contributed by atoms with Gasteiger partial charge in [-0.3, -0.25) is 25.2 Å². The Balaban J connectivity index is 1.30. The average Bonchev–Trinajstić information content (AvgIpc) is 3.38. The largest absolute Gasteiger partial charge is 0.493 e. The van der Waals surface area contributed by atoms with Crippen LogP contribution in [0.4, 0.5) is 0 Å². The molecule has 174 valence electrons. The van der Waals surface area contributed by atoms with Crippen molar-refractivity contribution < 1.29 is 23.9 Å². The SMILES string of the molecule is O=C(NNC(=O)C1(c2ccccc2)CCOC1)C(=O)N1CCCC(COc2ccccc2)C1. The smallest absolute Gasteiger partial charge is 0.327 e. The van der Waals surface area contributed by atoms with E-state index in [2.05, 4.69) is 10.9 Å². The molecule has 2 heterocycles. The fourth-order valence-electron chi connectivity index (χ4n) is 4.41. The summed E-state index contributed by atoms with van der Waals surface area (Å²) in [5, 5.41) is 0. The van der Waals surface area contributed by atoms with Crippen molar-refractivity contribution in [2.24, 2.45) is 5.92 Å². The van der Waals surface area contributed by atoms with Gasteiger partial charge in [0.2, 0.25) is 0 Å². The molecule has 4 rings (SSSR count). The van der Waals surface area contributed by atoms with E-state index < -0.39 is 17.2 Å². The topological polar surface area (TPSA) is 97.0 Å². The number of hydrogen-bond acceptors (Lipinski definition) is 5. The Kier molecular flexibility index (Phi) is 7.24. The van der Waals surface area contributed by atoms with Crippen LogP contribution >= 0.6 is 0 Å². The minimum absolute atomic E-state index is 0.141. The molecule has 8 heteroatoms. The predicted molar refractivity (Wildman–Crippen MR) is 121 cm³/mol. The van der Waals surface area contributed by atoms with Gasteiger partial charge < -0.3 is 14.4 Å². The first-order valence-corrected chi connectivity index (χ1v) is 11.3. The van der Waals surface area contributed by atoms with Crippen molar-refractivity contribution in [3.63, 3.8) is 0 Å². The van der Waals surface area contributed by atoms with E-state index in [-0.39, 0.29) is 18.4 Å². The second-order valence-electron chi connectivity index (χ2n) is 8.54. The second kappa shape index (κ2) is 10.5. The van der Waals surface area contributed by atoms with Gasteiger partial charge in [0.15, 0.2) is 0 Å². The van der Waals surface area contributed by atoms with E-state index in [0.29, 0.717) is 32.7 Å². The summed E-state index contributed by atoms with van der Waals surface area (Å²) in [5.41, 5.74) is 4.69. The molecule has 0 aliphatic carbocycles. The zero-order chi connectivity index (χ0) is 23.1. The van der Waals surface area contributed by atoms with Crippen LogP contribution in [0.3, 0.4) is 0 Å². The third-order valence-electron chi connectivity index (χ3n) is 6.30. The van der Waals surface area contributed by atoms with Gasteiger partial charge in [0.05, 0.1) is 13.2 Å². The zero-order valence-corrected chi connectivity index (χ0v) is 18.5. The molecule has 2 atom stereocenters. The Morgan fingerprint density at radius 2 is 1.76 bits per heavy atom. The van der Waals surface area contributed by atoms with Gasteiger partial charge in [-0.25, -0.2) is 0 Å². The van der Waals surface area contributed by atoms with Crippen LogP contribution in [0.15, 0.2) is 60.7 Å². The maximum atomic E-state index is 13.0. The molecule has 33 heavy (non-hydrogen) atoms. The number of nitrogens with one attached hydrogen (secondary N) is 2. The van der Waals surface area contributed by atoms with Crippen LogP contribution in [0.1, 0.15) is 24.8 Å². The molecule has 0 radical (unpaired) electrons. The maximum absolute atomic E-state index is 13.0. The number of rotatable bonds is 5. The molecular weight excluding hydrogens is 422 g/mol. The van der Waals surface area contributed by atoms with E-state index in [9.17, 15) is 14.4 Å². The molecule has 0 spiro atoms. The van der Waals surface area contributed by atoms with Gasteiger partial charge in [0.25, 0.3) is 5.91 Å². The first-order chi connectivity index (χ1) is 16.1. The third kappa shape index (κ3) is 5.34. The number of amides is 3. The third-order valence-corrected chi connectivity index (χ3v) is 6.30. The number of ether oxygens (including phenoxy) is 2. The average molecular weight is 452 g/mol. The summed E-state index contributed by atoms with van der Waals surface area (Å²) < 4.78 is 11.3. The van der Waals surface area contributed by atoms with Crippen molar-refractivity contribution in [3.8, 4) is 5.75 Å². The number of carbonyl (C=O) groups is 3. The van der Waals surface area contributed by atoms with Gasteiger partial charge in [0, 0.05) is 25.6 Å². The molecule has 2 aromatic carbocycles. The van der Waals surface area contributed by atoms with E-state index in [4.69, 9.17) is 9.47 Å². The van der Waals surface area contributed by atoms with Gasteiger partial charge in [-0.2, -0.15) is 0 Å². The lowest BCUT2D eigenvalue weighted by Gasteiger charge is -2.32. The lowest BCUT2D eigenvalue weighted by atomic mass is 9.79. The van der Waals surface area contributed by atoms with Gasteiger partial charge in [0.1, 0.15) is 11.2 Å². The number of likely N-dealkylation sites (tertiary alicyclic amines) is 1. The Morgan fingerprint density at radius 1 is 1.03 bits per heavy atom. The molecule has 3 amide bonds. The number of benzene rings is 2. The summed E-state index contributed by atoms with van der Waals surface area (Å²) in [4.78, 5) is 39.7. The first kappa shape index (κ1) is 22.8. The van der Waals surface area contributed by atoms with Crippen molar-refractivity contribution in [1.82, 2.24) is 15.8 Å². The molecule has 2 saturated heterocycles. The van der Waals surface area contributed by atoms with Crippen molar-refractivity contribution in [2.45, 2.75) is 24.7 Å². The van der Waals surface area contributed by atoms with Crippen LogP contribution in [-0.2, 0) is 24.5 Å². The number of nitrogens with zero attached hydrogens (tertiary/aromatic N) is 1. The van der Waals surface area contributed by atoms with E-state index in [1.54, 1.807) is 0 Å². The van der Waals surface area contributed by atoms with Crippen molar-refractivity contribution in [3.05, 3.63) is 66.2 Å². The Bertz CT molecular complexity index is 961. The summed E-state index contributed by atoms with van der Waals surface area (Å²) in [6.45, 7) is 2.10. The second-order valence-corrected chi connectivity index (χ2v) is 8.54. The summed E-state index contributed by atoms with van der Waals surface area (Å²) in [5.74, 6) is -0.974. The van der Waals surface area contributed by atoms with Crippen LogP contribution in [0.25, 0.3) is 0 Å². The minimum atomic E-state index is -0.886. The molecule has 2 aliphatic heterocycles. The molecule has 0 saturated carbocycles. The van der Waals surface area contributed by atoms with E-state index in [1.807, 2.05) is 60.7 Å². The number of hydrogen-bond donors (Lipinski definition) is 2. The molecule has 0 aromatic heterocycles. The summed E-state index contributed by atoms with van der Waals surface area (Å²) in [7, 11) is 0. The van der Waals surface area contributed by atoms with Crippen LogP contribution in [-0.4, -0.2) is 55.5 Å². The minimum Gasteiger partial charge on any atom is -0.493 e. The van der Waals surface area contributed by atoms with Crippen LogP contribution in [0.2, 0.25) is 0 Å². The van der Waals surface area contributed by atoms with Crippen molar-refractivity contribution >= 4 is 17.7 Å². The molecular formula is C25H29N3O5. The van der Waals surface area contributed by atoms with Gasteiger partial charge in [-0.05, 0) is 37.0 Å². The predicted octanol–water partition coefficient (Wildman–Crippen LogP) is 1.81. The van der Waals surface area contributed by atoms with Gasteiger partial charge >= 0.3 is 11.8 Å². The van der Waals surface area contributed by atoms with Gasteiger partial charge in [-0.15, -0.1) is 0 Å². The van der Waals surface area contributed by atoms with Crippen LogP contribution in [0.5, 0.6) is 5.75 Å². The molecule has 0 bridgehead atoms. The maximum Gasteiger partial charge on any atom is 0.327 e. The van der Waals surface area contributed by atoms with Crippen LogP contribution in [0, 0.1) is 5.92 Å². The lowest BCUT2D eigenvalue weighted by Crippen LogP contribution is -2.56. The Morgan fingerprint density at radius 3 is 2.45 bits per heavy atom. The fraction of sp³-hybridized carbons (Fsp3) is 0.400. The number of hydrazine groups is 1. The molecule has 2 aliphatic rings. The lowest BCUT2D eigenvalue weighted by molar-refractivity contribution is -0.148. The number of carbonyl (C=O) groups excluding carboxylic acids is 3. The van der Waals surface area contributed by atoms with Gasteiger partial charge in [-0.1, -0.05) is 48.5 Å². The van der Waals surface area contributed by atoms with Crippen molar-refractivity contribution in [2.75, 3.05) is 32.9 Å². The molecule has 8 nitrogen and oxygen atoms in total. The van der Waals surface area contributed by atoms with E-state index in [0.717, 1.165) is 24.2 Å².